The highest BCUT2D eigenvalue weighted by Gasteiger charge is 2.02. The Kier molecular flexibility index (Phi) is 5.18. The largest absolute Gasteiger partial charge is 0.383 e. The highest BCUT2D eigenvalue weighted by atomic mass is 32.2. The number of rotatable bonds is 6. The summed E-state index contributed by atoms with van der Waals surface area (Å²) in [6.07, 6.45) is 1.55. The van der Waals surface area contributed by atoms with Crippen molar-refractivity contribution in [2.24, 2.45) is 0 Å². The van der Waals surface area contributed by atoms with Crippen molar-refractivity contribution in [2.45, 2.75) is 0 Å². The van der Waals surface area contributed by atoms with Crippen LogP contribution in [-0.4, -0.2) is 28.7 Å². The Hall–Kier alpha value is -1.17. The molecule has 0 aliphatic heterocycles. The minimum atomic E-state index is -3.36. The molecular formula is C11H15NO3S. The highest BCUT2D eigenvalue weighted by molar-refractivity contribution is 7.92. The first-order valence-corrected chi connectivity index (χ1v) is 6.40. The molecule has 1 N–H and O–H groups in total. The van der Waals surface area contributed by atoms with Gasteiger partial charge in [0.15, 0.2) is 0 Å². The third kappa shape index (κ3) is 5.06. The number of hydrogen-bond acceptors (Lipinski definition) is 3. The summed E-state index contributed by atoms with van der Waals surface area (Å²) in [7, 11) is -1.84. The van der Waals surface area contributed by atoms with Crippen molar-refractivity contribution in [3.8, 4) is 0 Å². The van der Waals surface area contributed by atoms with Gasteiger partial charge in [0.2, 0.25) is 10.0 Å². The average molecular weight is 241 g/mol. The Morgan fingerprint density at radius 3 is 2.62 bits per heavy atom. The molecule has 1 aromatic rings. The first-order chi connectivity index (χ1) is 7.64. The van der Waals surface area contributed by atoms with Crippen LogP contribution in [0, 0.1) is 0 Å². The molecule has 0 saturated heterocycles. The lowest BCUT2D eigenvalue weighted by atomic mass is 10.2. The van der Waals surface area contributed by atoms with Crippen LogP contribution in [0.3, 0.4) is 0 Å². The van der Waals surface area contributed by atoms with E-state index < -0.39 is 10.0 Å². The van der Waals surface area contributed by atoms with E-state index in [9.17, 15) is 8.42 Å². The van der Waals surface area contributed by atoms with Gasteiger partial charge in [0.25, 0.3) is 0 Å². The summed E-state index contributed by atoms with van der Waals surface area (Å²) in [5.41, 5.74) is 0.847. The molecule has 0 aliphatic rings. The quantitative estimate of drug-likeness (QED) is 0.762. The lowest BCUT2D eigenvalue weighted by Crippen LogP contribution is -2.24. The van der Waals surface area contributed by atoms with E-state index >= 15 is 0 Å². The molecule has 0 radical (unpaired) electrons. The van der Waals surface area contributed by atoms with Crippen molar-refractivity contribution in [1.29, 1.82) is 0 Å². The van der Waals surface area contributed by atoms with E-state index in [0.29, 0.717) is 6.61 Å². The molecule has 4 nitrogen and oxygen atoms in total. The molecule has 0 aliphatic carbocycles. The number of ether oxygens (including phenoxy) is 1. The van der Waals surface area contributed by atoms with Crippen molar-refractivity contribution in [3.63, 3.8) is 0 Å². The van der Waals surface area contributed by atoms with Crippen molar-refractivity contribution >= 4 is 16.1 Å². The van der Waals surface area contributed by atoms with Gasteiger partial charge in [0.05, 0.1) is 6.61 Å². The molecule has 16 heavy (non-hydrogen) atoms. The van der Waals surface area contributed by atoms with Gasteiger partial charge in [-0.15, -0.1) is 0 Å². The van der Waals surface area contributed by atoms with Crippen molar-refractivity contribution in [3.05, 3.63) is 41.3 Å². The standard InChI is InChI=1S/C11H15NO3S/c1-15-9-8-12-16(13,14)10-7-11-5-3-2-4-6-11/h2-7,10,12H,8-9H2,1H3. The van der Waals surface area contributed by atoms with Gasteiger partial charge in [0.1, 0.15) is 0 Å². The van der Waals surface area contributed by atoms with E-state index in [1.165, 1.54) is 7.11 Å². The summed E-state index contributed by atoms with van der Waals surface area (Å²) in [5, 5.41) is 1.15. The molecular weight excluding hydrogens is 226 g/mol. The summed E-state index contributed by atoms with van der Waals surface area (Å²) in [4.78, 5) is 0. The predicted octanol–water partition coefficient (Wildman–Crippen LogP) is 1.22. The molecule has 0 spiro atoms. The van der Waals surface area contributed by atoms with Crippen LogP contribution in [0.1, 0.15) is 5.56 Å². The molecule has 5 heteroatoms. The smallest absolute Gasteiger partial charge is 0.233 e. The van der Waals surface area contributed by atoms with Crippen LogP contribution in [0.15, 0.2) is 35.7 Å². The first kappa shape index (κ1) is 12.9. The van der Waals surface area contributed by atoms with Gasteiger partial charge in [-0.3, -0.25) is 0 Å². The normalized spacial score (nSPS) is 12.1. The van der Waals surface area contributed by atoms with E-state index in [4.69, 9.17) is 4.74 Å². The maximum Gasteiger partial charge on any atom is 0.233 e. The Bertz CT molecular complexity index is 426. The van der Waals surface area contributed by atoms with Crippen molar-refractivity contribution in [1.82, 2.24) is 4.72 Å². The molecule has 0 amide bonds. The van der Waals surface area contributed by atoms with Gasteiger partial charge in [-0.25, -0.2) is 13.1 Å². The number of nitrogens with one attached hydrogen (secondary N) is 1. The van der Waals surface area contributed by atoms with Gasteiger partial charge >= 0.3 is 0 Å². The van der Waals surface area contributed by atoms with Crippen LogP contribution in [-0.2, 0) is 14.8 Å². The lowest BCUT2D eigenvalue weighted by Gasteiger charge is -2.01. The Morgan fingerprint density at radius 1 is 1.31 bits per heavy atom. The second kappa shape index (κ2) is 6.42. The third-order valence-electron chi connectivity index (χ3n) is 1.85. The number of benzene rings is 1. The highest BCUT2D eigenvalue weighted by Crippen LogP contribution is 2.02. The van der Waals surface area contributed by atoms with Gasteiger partial charge in [0, 0.05) is 19.1 Å². The Balaban J connectivity index is 2.56. The van der Waals surface area contributed by atoms with E-state index in [1.807, 2.05) is 30.3 Å². The summed E-state index contributed by atoms with van der Waals surface area (Å²) in [6.45, 7) is 0.635. The van der Waals surface area contributed by atoms with Crippen LogP contribution in [0.5, 0.6) is 0 Å². The van der Waals surface area contributed by atoms with Crippen LogP contribution in [0.2, 0.25) is 0 Å². The van der Waals surface area contributed by atoms with Crippen LogP contribution in [0.25, 0.3) is 6.08 Å². The summed E-state index contributed by atoms with van der Waals surface area (Å²) < 4.78 is 30.0. The van der Waals surface area contributed by atoms with E-state index in [1.54, 1.807) is 6.08 Å². The van der Waals surface area contributed by atoms with Crippen LogP contribution < -0.4 is 4.72 Å². The molecule has 0 fully saturated rings. The van der Waals surface area contributed by atoms with Gasteiger partial charge in [-0.2, -0.15) is 0 Å². The Morgan fingerprint density at radius 2 is 2.00 bits per heavy atom. The maximum absolute atomic E-state index is 11.4. The first-order valence-electron chi connectivity index (χ1n) is 4.86. The molecule has 0 atom stereocenters. The van der Waals surface area contributed by atoms with E-state index in [-0.39, 0.29) is 6.54 Å². The van der Waals surface area contributed by atoms with Crippen molar-refractivity contribution < 1.29 is 13.2 Å². The maximum atomic E-state index is 11.4. The molecule has 0 heterocycles. The number of sulfonamides is 1. The zero-order chi connectivity index (χ0) is 11.9. The van der Waals surface area contributed by atoms with Gasteiger partial charge in [-0.1, -0.05) is 30.3 Å². The minimum Gasteiger partial charge on any atom is -0.383 e. The molecule has 0 unspecified atom stereocenters. The fraction of sp³-hybridized carbons (Fsp3) is 0.273. The van der Waals surface area contributed by atoms with Gasteiger partial charge in [-0.05, 0) is 11.6 Å². The second-order valence-corrected chi connectivity index (χ2v) is 4.80. The monoisotopic (exact) mass is 241 g/mol. The molecule has 1 aromatic carbocycles. The molecule has 1 rings (SSSR count). The summed E-state index contributed by atoms with van der Waals surface area (Å²) in [5.74, 6) is 0. The van der Waals surface area contributed by atoms with Gasteiger partial charge < -0.3 is 4.74 Å². The zero-order valence-corrected chi connectivity index (χ0v) is 9.91. The van der Waals surface area contributed by atoms with E-state index in [2.05, 4.69) is 4.72 Å². The summed E-state index contributed by atoms with van der Waals surface area (Å²) in [6, 6.07) is 9.25. The van der Waals surface area contributed by atoms with Crippen LogP contribution >= 0.6 is 0 Å². The molecule has 88 valence electrons. The average Bonchev–Trinajstić information content (AvgIpc) is 2.28. The molecule has 0 aromatic heterocycles. The van der Waals surface area contributed by atoms with E-state index in [0.717, 1.165) is 11.0 Å². The predicted molar refractivity (Wildman–Crippen MR) is 64.3 cm³/mol. The molecule has 0 bridgehead atoms. The summed E-state index contributed by atoms with van der Waals surface area (Å²) >= 11 is 0. The second-order valence-electron chi connectivity index (χ2n) is 3.15. The Labute approximate surface area is 96.0 Å². The minimum absolute atomic E-state index is 0.276. The van der Waals surface area contributed by atoms with Crippen LogP contribution in [0.4, 0.5) is 0 Å². The molecule has 0 saturated carbocycles. The number of methoxy groups -OCH3 is 1. The zero-order valence-electron chi connectivity index (χ0n) is 9.09. The SMILES string of the molecule is COCCNS(=O)(=O)C=Cc1ccccc1. The fourth-order valence-electron chi connectivity index (χ4n) is 1.07. The third-order valence-corrected chi connectivity index (χ3v) is 2.95. The lowest BCUT2D eigenvalue weighted by molar-refractivity contribution is 0.204. The number of hydrogen-bond donors (Lipinski definition) is 1. The van der Waals surface area contributed by atoms with Crippen molar-refractivity contribution in [2.75, 3.05) is 20.3 Å². The fourth-order valence-corrected chi connectivity index (χ4v) is 1.87. The topological polar surface area (TPSA) is 55.4 Å².